The molecule has 1 unspecified atom stereocenters. The Bertz CT molecular complexity index is 550. The van der Waals surface area contributed by atoms with Gasteiger partial charge < -0.3 is 20.1 Å². The van der Waals surface area contributed by atoms with E-state index in [2.05, 4.69) is 5.32 Å². The van der Waals surface area contributed by atoms with Gasteiger partial charge in [0.15, 0.2) is 0 Å². The Morgan fingerprint density at radius 2 is 2.24 bits per heavy atom. The maximum absolute atomic E-state index is 13.7. The lowest BCUT2D eigenvalue weighted by Gasteiger charge is -2.31. The van der Waals surface area contributed by atoms with E-state index in [1.54, 1.807) is 7.11 Å². The minimum Gasteiger partial charge on any atom is -0.478 e. The number of hydrogen-bond donors (Lipinski definition) is 2. The third-order valence-electron chi connectivity index (χ3n) is 3.45. The van der Waals surface area contributed by atoms with Crippen molar-refractivity contribution in [3.63, 3.8) is 0 Å². The van der Waals surface area contributed by atoms with Crippen molar-refractivity contribution < 1.29 is 23.8 Å². The molecule has 1 aromatic carbocycles. The van der Waals surface area contributed by atoms with Gasteiger partial charge in [-0.1, -0.05) is 0 Å². The summed E-state index contributed by atoms with van der Waals surface area (Å²) in [5.74, 6) is -1.85. The van der Waals surface area contributed by atoms with Gasteiger partial charge in [0.25, 0.3) is 0 Å². The number of urea groups is 1. The zero-order valence-corrected chi connectivity index (χ0v) is 11.6. The largest absolute Gasteiger partial charge is 0.478 e. The van der Waals surface area contributed by atoms with Crippen LogP contribution in [0.5, 0.6) is 0 Å². The summed E-state index contributed by atoms with van der Waals surface area (Å²) >= 11 is 0. The van der Waals surface area contributed by atoms with Crippen LogP contribution in [0.4, 0.5) is 14.9 Å². The molecule has 6 nitrogen and oxygen atoms in total. The van der Waals surface area contributed by atoms with Crippen LogP contribution in [0.25, 0.3) is 0 Å². The third-order valence-corrected chi connectivity index (χ3v) is 3.45. The molecule has 1 fully saturated rings. The molecular weight excluding hydrogens is 279 g/mol. The van der Waals surface area contributed by atoms with E-state index in [4.69, 9.17) is 9.84 Å². The summed E-state index contributed by atoms with van der Waals surface area (Å²) in [4.78, 5) is 24.5. The van der Waals surface area contributed by atoms with Gasteiger partial charge in [-0.3, -0.25) is 0 Å². The highest BCUT2D eigenvalue weighted by molar-refractivity contribution is 5.93. The Morgan fingerprint density at radius 1 is 1.48 bits per heavy atom. The average Bonchev–Trinajstić information content (AvgIpc) is 2.49. The molecule has 0 aliphatic carbocycles. The van der Waals surface area contributed by atoms with Crippen LogP contribution >= 0.6 is 0 Å². The number of carbonyl (C=O) groups is 2. The van der Waals surface area contributed by atoms with Gasteiger partial charge in [-0.2, -0.15) is 0 Å². The van der Waals surface area contributed by atoms with Crippen molar-refractivity contribution in [1.82, 2.24) is 4.90 Å². The van der Waals surface area contributed by atoms with E-state index in [0.29, 0.717) is 13.1 Å². The second kappa shape index (κ2) is 6.53. The van der Waals surface area contributed by atoms with Crippen LogP contribution in [0.3, 0.4) is 0 Å². The molecular formula is C14H17FN2O4. The van der Waals surface area contributed by atoms with E-state index in [1.165, 1.54) is 4.90 Å². The molecule has 114 valence electrons. The monoisotopic (exact) mass is 296 g/mol. The summed E-state index contributed by atoms with van der Waals surface area (Å²) < 4.78 is 18.9. The van der Waals surface area contributed by atoms with Crippen molar-refractivity contribution in [2.24, 2.45) is 0 Å². The number of carbonyl (C=O) groups excluding carboxylic acids is 1. The number of hydrogen-bond acceptors (Lipinski definition) is 3. The van der Waals surface area contributed by atoms with Gasteiger partial charge in [-0.25, -0.2) is 14.0 Å². The highest BCUT2D eigenvalue weighted by atomic mass is 19.1. The number of amides is 2. The van der Waals surface area contributed by atoms with E-state index in [9.17, 15) is 14.0 Å². The quantitative estimate of drug-likeness (QED) is 0.896. The first-order valence-corrected chi connectivity index (χ1v) is 6.63. The molecule has 1 saturated heterocycles. The van der Waals surface area contributed by atoms with Crippen LogP contribution in [0.15, 0.2) is 18.2 Å². The molecule has 0 bridgehead atoms. The van der Waals surface area contributed by atoms with Crippen molar-refractivity contribution in [1.29, 1.82) is 0 Å². The number of aromatic carboxylic acids is 1. The zero-order chi connectivity index (χ0) is 15.4. The molecule has 1 heterocycles. The van der Waals surface area contributed by atoms with Crippen LogP contribution in [0, 0.1) is 5.82 Å². The summed E-state index contributed by atoms with van der Waals surface area (Å²) in [6.45, 7) is 0.995. The maximum atomic E-state index is 13.7. The Hall–Kier alpha value is -2.15. The number of carboxylic acid groups (broad SMARTS) is 1. The van der Waals surface area contributed by atoms with E-state index in [1.807, 2.05) is 0 Å². The second-order valence-corrected chi connectivity index (χ2v) is 4.88. The number of nitrogens with one attached hydrogen (secondary N) is 1. The number of piperidine rings is 1. The van der Waals surface area contributed by atoms with Gasteiger partial charge in [-0.15, -0.1) is 0 Å². The number of anilines is 1. The first kappa shape index (κ1) is 15.2. The molecule has 7 heteroatoms. The number of rotatable bonds is 3. The predicted octanol–water partition coefficient (Wildman–Crippen LogP) is 2.17. The van der Waals surface area contributed by atoms with E-state index < -0.39 is 17.8 Å². The molecule has 21 heavy (non-hydrogen) atoms. The van der Waals surface area contributed by atoms with E-state index in [0.717, 1.165) is 31.0 Å². The molecule has 0 saturated carbocycles. The number of carboxylic acids is 1. The predicted molar refractivity (Wildman–Crippen MR) is 74.0 cm³/mol. The van der Waals surface area contributed by atoms with Crippen LogP contribution < -0.4 is 5.32 Å². The Morgan fingerprint density at radius 3 is 2.90 bits per heavy atom. The van der Waals surface area contributed by atoms with Crippen LogP contribution in [0.1, 0.15) is 23.2 Å². The number of ether oxygens (including phenoxy) is 1. The molecule has 0 aromatic heterocycles. The highest BCUT2D eigenvalue weighted by Gasteiger charge is 2.24. The summed E-state index contributed by atoms with van der Waals surface area (Å²) in [6, 6.07) is 2.81. The van der Waals surface area contributed by atoms with Crippen LogP contribution in [0.2, 0.25) is 0 Å². The smallest absolute Gasteiger partial charge is 0.335 e. The van der Waals surface area contributed by atoms with Crippen molar-refractivity contribution >= 4 is 17.7 Å². The summed E-state index contributed by atoms with van der Waals surface area (Å²) in [7, 11) is 1.59. The van der Waals surface area contributed by atoms with Gasteiger partial charge in [0.1, 0.15) is 5.82 Å². The second-order valence-electron chi connectivity index (χ2n) is 4.88. The van der Waals surface area contributed by atoms with Crippen molar-refractivity contribution in [3.8, 4) is 0 Å². The Labute approximate surface area is 121 Å². The lowest BCUT2D eigenvalue weighted by molar-refractivity contribution is 0.0458. The fourth-order valence-corrected chi connectivity index (χ4v) is 2.26. The van der Waals surface area contributed by atoms with Crippen LogP contribution in [-0.4, -0.2) is 48.3 Å². The maximum Gasteiger partial charge on any atom is 0.335 e. The van der Waals surface area contributed by atoms with Crippen LogP contribution in [-0.2, 0) is 4.74 Å². The minimum atomic E-state index is -1.18. The fraction of sp³-hybridized carbons (Fsp3) is 0.429. The van der Waals surface area contributed by atoms with Crippen molar-refractivity contribution in [2.45, 2.75) is 18.9 Å². The Balaban J connectivity index is 2.08. The summed E-state index contributed by atoms with van der Waals surface area (Å²) in [5.41, 5.74) is -0.223. The van der Waals surface area contributed by atoms with Crippen molar-refractivity contribution in [3.05, 3.63) is 29.6 Å². The topological polar surface area (TPSA) is 78.9 Å². The van der Waals surface area contributed by atoms with Gasteiger partial charge in [0.05, 0.1) is 17.4 Å². The molecule has 2 amide bonds. The van der Waals surface area contributed by atoms with E-state index >= 15 is 0 Å². The molecule has 1 aromatic rings. The minimum absolute atomic E-state index is 0.0281. The SMILES string of the molecule is COC1CCCN(C(=O)Nc2cc(C(=O)O)ccc2F)C1. The Kier molecular flexibility index (Phi) is 4.74. The fourth-order valence-electron chi connectivity index (χ4n) is 2.26. The third kappa shape index (κ3) is 3.69. The first-order chi connectivity index (χ1) is 10.0. The number of halogens is 1. The van der Waals surface area contributed by atoms with Crippen molar-refractivity contribution in [2.75, 3.05) is 25.5 Å². The lowest BCUT2D eigenvalue weighted by Crippen LogP contribution is -2.45. The molecule has 2 N–H and O–H groups in total. The molecule has 0 spiro atoms. The molecule has 1 aliphatic heterocycles. The average molecular weight is 296 g/mol. The molecule has 2 rings (SSSR count). The highest BCUT2D eigenvalue weighted by Crippen LogP contribution is 2.19. The summed E-state index contributed by atoms with van der Waals surface area (Å²) in [5, 5.41) is 11.3. The number of likely N-dealkylation sites (tertiary alicyclic amines) is 1. The van der Waals surface area contributed by atoms with E-state index in [-0.39, 0.29) is 17.4 Å². The van der Waals surface area contributed by atoms with Gasteiger partial charge in [0.2, 0.25) is 0 Å². The normalized spacial score (nSPS) is 18.4. The standard InChI is InChI=1S/C14H17FN2O4/c1-21-10-3-2-6-17(8-10)14(20)16-12-7-9(13(18)19)4-5-11(12)15/h4-5,7,10H,2-3,6,8H2,1H3,(H,16,20)(H,18,19). The van der Waals surface area contributed by atoms with Gasteiger partial charge >= 0.3 is 12.0 Å². The lowest BCUT2D eigenvalue weighted by atomic mass is 10.1. The molecule has 0 radical (unpaired) electrons. The number of benzene rings is 1. The summed E-state index contributed by atoms with van der Waals surface area (Å²) in [6.07, 6.45) is 1.66. The van der Waals surface area contributed by atoms with Gasteiger partial charge in [-0.05, 0) is 31.0 Å². The number of nitrogens with zero attached hydrogens (tertiary/aromatic N) is 1. The first-order valence-electron chi connectivity index (χ1n) is 6.63. The zero-order valence-electron chi connectivity index (χ0n) is 11.6. The van der Waals surface area contributed by atoms with Gasteiger partial charge in [0, 0.05) is 20.2 Å². The molecule has 1 aliphatic rings. The molecule has 1 atom stereocenters. The number of methoxy groups -OCH3 is 1.